The summed E-state index contributed by atoms with van der Waals surface area (Å²) in [6.45, 7) is 0.457. The summed E-state index contributed by atoms with van der Waals surface area (Å²) in [5.74, 6) is -2.76. The summed E-state index contributed by atoms with van der Waals surface area (Å²) in [5.41, 5.74) is 1.40. The number of carbonyl (C=O) groups is 2. The Morgan fingerprint density at radius 1 is 1.20 bits per heavy atom. The molecule has 0 saturated heterocycles. The lowest BCUT2D eigenvalue weighted by atomic mass is 10.00. The van der Waals surface area contributed by atoms with E-state index in [2.05, 4.69) is 15.7 Å². The molecule has 1 aliphatic heterocycles. The quantitative estimate of drug-likeness (QED) is 0.811. The lowest BCUT2D eigenvalue weighted by Crippen LogP contribution is -2.38. The molecular weight excluding hydrogens is 330 g/mol. The van der Waals surface area contributed by atoms with E-state index in [1.165, 1.54) is 0 Å². The zero-order valence-electron chi connectivity index (χ0n) is 13.4. The second-order valence-corrected chi connectivity index (χ2v) is 5.86. The first-order chi connectivity index (χ1) is 12.0. The normalized spacial score (nSPS) is 14.2. The maximum Gasteiger partial charge on any atom is 0.314 e. The molecule has 1 unspecified atom stereocenters. The molecular formula is C17H18F2N4O2. The lowest BCUT2D eigenvalue weighted by Gasteiger charge is -2.16. The van der Waals surface area contributed by atoms with Gasteiger partial charge in [0.15, 0.2) is 5.82 Å². The molecule has 0 spiro atoms. The minimum absolute atomic E-state index is 0.295. The molecule has 25 heavy (non-hydrogen) atoms. The Morgan fingerprint density at radius 3 is 2.64 bits per heavy atom. The molecule has 0 radical (unpaired) electrons. The first-order valence-corrected chi connectivity index (χ1v) is 8.03. The summed E-state index contributed by atoms with van der Waals surface area (Å²) in [6.07, 6.45) is -0.768. The van der Waals surface area contributed by atoms with Crippen LogP contribution in [0.2, 0.25) is 0 Å². The Kier molecular flexibility index (Phi) is 5.06. The molecule has 8 heteroatoms. The van der Waals surface area contributed by atoms with Crippen LogP contribution in [-0.4, -0.2) is 34.6 Å². The van der Waals surface area contributed by atoms with Crippen molar-refractivity contribution in [2.45, 2.75) is 31.7 Å². The number of benzene rings is 1. The molecule has 132 valence electrons. The SMILES string of the molecule is O=C(NCC(c1ccccc1)C(F)F)C(=O)Nc1cc2n(n1)CCC2. The maximum atomic E-state index is 13.2. The topological polar surface area (TPSA) is 76.0 Å². The van der Waals surface area contributed by atoms with Crippen LogP contribution in [0.1, 0.15) is 23.6 Å². The number of fused-ring (bicyclic) bond motifs is 1. The monoisotopic (exact) mass is 348 g/mol. The minimum atomic E-state index is -2.65. The zero-order chi connectivity index (χ0) is 17.8. The number of aryl methyl sites for hydroxylation is 2. The van der Waals surface area contributed by atoms with Crippen LogP contribution in [0.25, 0.3) is 0 Å². The summed E-state index contributed by atoms with van der Waals surface area (Å²) in [5, 5.41) is 8.83. The van der Waals surface area contributed by atoms with Gasteiger partial charge in [0.05, 0.1) is 5.92 Å². The van der Waals surface area contributed by atoms with Crippen molar-refractivity contribution in [2.75, 3.05) is 11.9 Å². The zero-order valence-corrected chi connectivity index (χ0v) is 13.4. The number of carbonyl (C=O) groups excluding carboxylic acids is 2. The van der Waals surface area contributed by atoms with E-state index in [4.69, 9.17) is 0 Å². The van der Waals surface area contributed by atoms with Gasteiger partial charge in [0, 0.05) is 24.8 Å². The van der Waals surface area contributed by atoms with Gasteiger partial charge >= 0.3 is 11.8 Å². The van der Waals surface area contributed by atoms with Crippen molar-refractivity contribution in [2.24, 2.45) is 0 Å². The highest BCUT2D eigenvalue weighted by Gasteiger charge is 2.25. The number of anilines is 1. The van der Waals surface area contributed by atoms with E-state index >= 15 is 0 Å². The highest BCUT2D eigenvalue weighted by Crippen LogP contribution is 2.22. The molecule has 2 heterocycles. The highest BCUT2D eigenvalue weighted by molar-refractivity contribution is 6.39. The first kappa shape index (κ1) is 17.1. The van der Waals surface area contributed by atoms with Crippen LogP contribution in [0.3, 0.4) is 0 Å². The number of nitrogens with one attached hydrogen (secondary N) is 2. The third-order valence-electron chi connectivity index (χ3n) is 4.13. The van der Waals surface area contributed by atoms with Crippen LogP contribution in [0, 0.1) is 0 Å². The Morgan fingerprint density at radius 2 is 1.96 bits per heavy atom. The molecule has 0 fully saturated rings. The van der Waals surface area contributed by atoms with E-state index in [0.29, 0.717) is 11.4 Å². The van der Waals surface area contributed by atoms with E-state index < -0.39 is 24.2 Å². The third kappa shape index (κ3) is 4.01. The molecule has 0 saturated carbocycles. The van der Waals surface area contributed by atoms with Gasteiger partial charge in [-0.25, -0.2) is 8.78 Å². The second-order valence-electron chi connectivity index (χ2n) is 5.86. The van der Waals surface area contributed by atoms with Crippen molar-refractivity contribution in [3.8, 4) is 0 Å². The van der Waals surface area contributed by atoms with Crippen molar-refractivity contribution in [1.29, 1.82) is 0 Å². The number of hydrogen-bond donors (Lipinski definition) is 2. The maximum absolute atomic E-state index is 13.2. The van der Waals surface area contributed by atoms with Crippen LogP contribution in [0.5, 0.6) is 0 Å². The van der Waals surface area contributed by atoms with Gasteiger partial charge in [-0.15, -0.1) is 0 Å². The van der Waals surface area contributed by atoms with E-state index in [1.54, 1.807) is 41.1 Å². The van der Waals surface area contributed by atoms with Crippen molar-refractivity contribution < 1.29 is 18.4 Å². The number of alkyl halides is 2. The smallest absolute Gasteiger partial charge is 0.314 e. The van der Waals surface area contributed by atoms with Crippen molar-refractivity contribution in [1.82, 2.24) is 15.1 Å². The fraction of sp³-hybridized carbons (Fsp3) is 0.353. The molecule has 6 nitrogen and oxygen atoms in total. The lowest BCUT2D eigenvalue weighted by molar-refractivity contribution is -0.136. The van der Waals surface area contributed by atoms with Crippen LogP contribution >= 0.6 is 0 Å². The van der Waals surface area contributed by atoms with Crippen LogP contribution in [-0.2, 0) is 22.6 Å². The van der Waals surface area contributed by atoms with E-state index in [9.17, 15) is 18.4 Å². The fourth-order valence-electron chi connectivity index (χ4n) is 2.83. The molecule has 0 bridgehead atoms. The van der Waals surface area contributed by atoms with Gasteiger partial charge in [-0.05, 0) is 18.4 Å². The summed E-state index contributed by atoms with van der Waals surface area (Å²) < 4.78 is 28.2. The molecule has 1 aliphatic rings. The predicted octanol–water partition coefficient (Wildman–Crippen LogP) is 1.93. The Hall–Kier alpha value is -2.77. The van der Waals surface area contributed by atoms with Gasteiger partial charge in [0.1, 0.15) is 0 Å². The van der Waals surface area contributed by atoms with E-state index in [0.717, 1.165) is 25.1 Å². The van der Waals surface area contributed by atoms with Crippen LogP contribution in [0.15, 0.2) is 36.4 Å². The standard InChI is InChI=1S/C17H18F2N4O2/c18-15(19)13(11-5-2-1-3-6-11)10-20-16(24)17(25)21-14-9-12-7-4-8-23(12)22-14/h1-3,5-6,9,13,15H,4,7-8,10H2,(H,20,24)(H,21,22,25). The van der Waals surface area contributed by atoms with Gasteiger partial charge in [-0.3, -0.25) is 14.3 Å². The average Bonchev–Trinajstić information content (AvgIpc) is 3.16. The number of amides is 2. The summed E-state index contributed by atoms with van der Waals surface area (Å²) in [4.78, 5) is 23.8. The molecule has 1 aromatic heterocycles. The largest absolute Gasteiger partial charge is 0.347 e. The van der Waals surface area contributed by atoms with E-state index in [1.807, 2.05) is 0 Å². The number of hydrogen-bond acceptors (Lipinski definition) is 3. The molecule has 0 aliphatic carbocycles. The van der Waals surface area contributed by atoms with Crippen LogP contribution < -0.4 is 10.6 Å². The van der Waals surface area contributed by atoms with Crippen molar-refractivity contribution >= 4 is 17.6 Å². The highest BCUT2D eigenvalue weighted by atomic mass is 19.3. The number of rotatable bonds is 5. The minimum Gasteiger partial charge on any atom is -0.347 e. The Labute approximate surface area is 143 Å². The Bertz CT molecular complexity index is 740. The van der Waals surface area contributed by atoms with Gasteiger partial charge in [0.25, 0.3) is 0 Å². The molecule has 2 aromatic rings. The van der Waals surface area contributed by atoms with Crippen molar-refractivity contribution in [3.63, 3.8) is 0 Å². The van der Waals surface area contributed by atoms with Gasteiger partial charge < -0.3 is 10.6 Å². The Balaban J connectivity index is 1.56. The van der Waals surface area contributed by atoms with Gasteiger partial charge in [0.2, 0.25) is 6.43 Å². The molecule has 2 amide bonds. The number of halogens is 2. The molecule has 1 aromatic carbocycles. The average molecular weight is 348 g/mol. The fourth-order valence-corrected chi connectivity index (χ4v) is 2.83. The number of nitrogens with zero attached hydrogens (tertiary/aromatic N) is 2. The summed E-state index contributed by atoms with van der Waals surface area (Å²) >= 11 is 0. The predicted molar refractivity (Wildman–Crippen MR) is 87.4 cm³/mol. The summed E-state index contributed by atoms with van der Waals surface area (Å²) in [6, 6.07) is 9.87. The molecule has 3 rings (SSSR count). The van der Waals surface area contributed by atoms with E-state index in [-0.39, 0.29) is 6.54 Å². The van der Waals surface area contributed by atoms with Crippen molar-refractivity contribution in [3.05, 3.63) is 47.7 Å². The summed E-state index contributed by atoms with van der Waals surface area (Å²) in [7, 11) is 0. The van der Waals surface area contributed by atoms with Gasteiger partial charge in [-0.1, -0.05) is 30.3 Å². The second kappa shape index (κ2) is 7.42. The number of aromatic nitrogens is 2. The third-order valence-corrected chi connectivity index (χ3v) is 4.13. The molecule has 2 N–H and O–H groups in total. The van der Waals surface area contributed by atoms with Crippen LogP contribution in [0.4, 0.5) is 14.6 Å². The first-order valence-electron chi connectivity index (χ1n) is 8.03. The molecule has 1 atom stereocenters. The van der Waals surface area contributed by atoms with Gasteiger partial charge in [-0.2, -0.15) is 5.10 Å².